The third-order valence-electron chi connectivity index (χ3n) is 2.48. The number of fused-ring (bicyclic) bond motifs is 1. The lowest BCUT2D eigenvalue weighted by Gasteiger charge is -2.11. The van der Waals surface area contributed by atoms with Crippen molar-refractivity contribution in [1.82, 2.24) is 0 Å². The molecule has 2 rings (SSSR count). The van der Waals surface area contributed by atoms with Crippen molar-refractivity contribution in [3.05, 3.63) is 23.8 Å². The molecule has 1 aliphatic heterocycles. The van der Waals surface area contributed by atoms with Crippen LogP contribution in [-0.2, 0) is 0 Å². The minimum atomic E-state index is -0.373. The molecule has 0 radical (unpaired) electrons. The van der Waals surface area contributed by atoms with Gasteiger partial charge in [0.15, 0.2) is 6.10 Å². The molecule has 0 saturated carbocycles. The van der Waals surface area contributed by atoms with Crippen molar-refractivity contribution >= 4 is 5.78 Å². The molecule has 1 aliphatic rings. The highest BCUT2D eigenvalue weighted by Crippen LogP contribution is 2.33. The van der Waals surface area contributed by atoms with E-state index in [0.29, 0.717) is 23.7 Å². The second-order valence-corrected chi connectivity index (χ2v) is 4.28. The molecule has 1 aromatic carbocycles. The van der Waals surface area contributed by atoms with E-state index in [1.54, 1.807) is 6.07 Å². The molecule has 1 unspecified atom stereocenters. The first-order valence-corrected chi connectivity index (χ1v) is 5.12. The zero-order valence-corrected chi connectivity index (χ0v) is 8.86. The van der Waals surface area contributed by atoms with Gasteiger partial charge >= 0.3 is 0 Å². The minimum absolute atomic E-state index is 0.0266. The van der Waals surface area contributed by atoms with Crippen LogP contribution in [0.2, 0.25) is 0 Å². The molecule has 80 valence electrons. The van der Waals surface area contributed by atoms with Crippen LogP contribution in [0.5, 0.6) is 11.5 Å². The van der Waals surface area contributed by atoms with E-state index in [0.717, 1.165) is 0 Å². The Balaban J connectivity index is 2.25. The summed E-state index contributed by atoms with van der Waals surface area (Å²) in [5, 5.41) is 9.26. The molecule has 0 amide bonds. The maximum absolute atomic E-state index is 11.8. The monoisotopic (exact) mass is 206 g/mol. The predicted molar refractivity (Wildman–Crippen MR) is 56.3 cm³/mol. The highest BCUT2D eigenvalue weighted by molar-refractivity contribution is 6.04. The highest BCUT2D eigenvalue weighted by atomic mass is 16.5. The summed E-state index contributed by atoms with van der Waals surface area (Å²) in [4.78, 5) is 11.8. The van der Waals surface area contributed by atoms with E-state index in [-0.39, 0.29) is 17.6 Å². The van der Waals surface area contributed by atoms with Gasteiger partial charge in [-0.3, -0.25) is 4.79 Å². The third-order valence-corrected chi connectivity index (χ3v) is 2.48. The zero-order valence-electron chi connectivity index (χ0n) is 8.86. The highest BCUT2D eigenvalue weighted by Gasteiger charge is 2.32. The van der Waals surface area contributed by atoms with Crippen LogP contribution >= 0.6 is 0 Å². The Hall–Kier alpha value is -1.51. The van der Waals surface area contributed by atoms with Crippen LogP contribution in [0.15, 0.2) is 18.2 Å². The fourth-order valence-electron chi connectivity index (χ4n) is 1.78. The van der Waals surface area contributed by atoms with Crippen LogP contribution in [-0.4, -0.2) is 17.0 Å². The van der Waals surface area contributed by atoms with E-state index in [2.05, 4.69) is 13.8 Å². The first kappa shape index (κ1) is 10.0. The van der Waals surface area contributed by atoms with Crippen molar-refractivity contribution in [2.75, 3.05) is 0 Å². The lowest BCUT2D eigenvalue weighted by atomic mass is 10.0. The van der Waals surface area contributed by atoms with E-state index in [1.165, 1.54) is 12.1 Å². The number of aromatic hydroxyl groups is 1. The number of phenols is 1. The second kappa shape index (κ2) is 3.57. The molecule has 0 fully saturated rings. The van der Waals surface area contributed by atoms with Gasteiger partial charge in [-0.1, -0.05) is 13.8 Å². The van der Waals surface area contributed by atoms with Crippen LogP contribution in [0, 0.1) is 5.92 Å². The molecular formula is C12H14O3. The zero-order chi connectivity index (χ0) is 11.0. The van der Waals surface area contributed by atoms with Crippen LogP contribution < -0.4 is 4.74 Å². The molecule has 3 nitrogen and oxygen atoms in total. The van der Waals surface area contributed by atoms with E-state index < -0.39 is 0 Å². The largest absolute Gasteiger partial charge is 0.508 e. The summed E-state index contributed by atoms with van der Waals surface area (Å²) in [5.41, 5.74) is 0.582. The standard InChI is InChI=1S/C12H14O3/c1-7(2)5-11-12(14)9-4-3-8(13)6-10(9)15-11/h3-4,6-7,11,13H,5H2,1-2H3. The first-order valence-electron chi connectivity index (χ1n) is 5.12. The smallest absolute Gasteiger partial charge is 0.207 e. The van der Waals surface area contributed by atoms with Crippen LogP contribution in [0.1, 0.15) is 30.6 Å². The molecule has 0 bridgehead atoms. The van der Waals surface area contributed by atoms with Crippen LogP contribution in [0.4, 0.5) is 0 Å². The van der Waals surface area contributed by atoms with Gasteiger partial charge in [-0.15, -0.1) is 0 Å². The van der Waals surface area contributed by atoms with Gasteiger partial charge in [0.1, 0.15) is 11.5 Å². The molecule has 3 heteroatoms. The van der Waals surface area contributed by atoms with Gasteiger partial charge in [0.25, 0.3) is 0 Å². The van der Waals surface area contributed by atoms with Crippen molar-refractivity contribution in [2.45, 2.75) is 26.4 Å². The molecule has 1 N–H and O–H groups in total. The maximum Gasteiger partial charge on any atom is 0.207 e. The van der Waals surface area contributed by atoms with Crippen LogP contribution in [0.3, 0.4) is 0 Å². The number of phenolic OH excluding ortho intramolecular Hbond substituents is 1. The van der Waals surface area contributed by atoms with Gasteiger partial charge in [-0.2, -0.15) is 0 Å². The number of hydrogen-bond acceptors (Lipinski definition) is 3. The first-order chi connectivity index (χ1) is 7.08. The fourth-order valence-corrected chi connectivity index (χ4v) is 1.78. The van der Waals surface area contributed by atoms with Crippen molar-refractivity contribution < 1.29 is 14.6 Å². The Kier molecular flexibility index (Phi) is 2.39. The summed E-state index contributed by atoms with van der Waals surface area (Å²) in [6, 6.07) is 4.62. The fraction of sp³-hybridized carbons (Fsp3) is 0.417. The third kappa shape index (κ3) is 1.82. The Morgan fingerprint density at radius 3 is 2.87 bits per heavy atom. The second-order valence-electron chi connectivity index (χ2n) is 4.28. The van der Waals surface area contributed by atoms with Crippen molar-refractivity contribution in [1.29, 1.82) is 0 Å². The lowest BCUT2D eigenvalue weighted by molar-refractivity contribution is 0.0827. The summed E-state index contributed by atoms with van der Waals surface area (Å²) >= 11 is 0. The maximum atomic E-state index is 11.8. The topological polar surface area (TPSA) is 46.5 Å². The molecule has 1 heterocycles. The van der Waals surface area contributed by atoms with Gasteiger partial charge in [0.05, 0.1) is 5.56 Å². The molecule has 1 atom stereocenters. The summed E-state index contributed by atoms with van der Waals surface area (Å²) < 4.78 is 5.50. The van der Waals surface area contributed by atoms with Gasteiger partial charge in [0.2, 0.25) is 5.78 Å². The quantitative estimate of drug-likeness (QED) is 0.808. The number of carbonyl (C=O) groups excluding carboxylic acids is 1. The summed E-state index contributed by atoms with van der Waals surface area (Å²) in [7, 11) is 0. The Morgan fingerprint density at radius 1 is 1.47 bits per heavy atom. The number of benzene rings is 1. The minimum Gasteiger partial charge on any atom is -0.508 e. The molecule has 1 aromatic rings. The average molecular weight is 206 g/mol. The molecule has 0 saturated heterocycles. The molecule has 0 aromatic heterocycles. The Morgan fingerprint density at radius 2 is 2.20 bits per heavy atom. The summed E-state index contributed by atoms with van der Waals surface area (Å²) in [5.74, 6) is 1.08. The van der Waals surface area contributed by atoms with Crippen LogP contribution in [0.25, 0.3) is 0 Å². The lowest BCUT2D eigenvalue weighted by Crippen LogP contribution is -2.22. The number of hydrogen-bond donors (Lipinski definition) is 1. The van der Waals surface area contributed by atoms with E-state index in [4.69, 9.17) is 4.74 Å². The van der Waals surface area contributed by atoms with Crippen molar-refractivity contribution in [2.24, 2.45) is 5.92 Å². The van der Waals surface area contributed by atoms with Gasteiger partial charge in [-0.25, -0.2) is 0 Å². The SMILES string of the molecule is CC(C)CC1Oc2cc(O)ccc2C1=O. The van der Waals surface area contributed by atoms with Gasteiger partial charge in [-0.05, 0) is 24.5 Å². The van der Waals surface area contributed by atoms with Crippen molar-refractivity contribution in [3.63, 3.8) is 0 Å². The van der Waals surface area contributed by atoms with E-state index in [9.17, 15) is 9.90 Å². The molecular weight excluding hydrogens is 192 g/mol. The van der Waals surface area contributed by atoms with E-state index >= 15 is 0 Å². The molecule has 0 spiro atoms. The normalized spacial score (nSPS) is 19.1. The summed E-state index contributed by atoms with van der Waals surface area (Å²) in [6.07, 6.45) is 0.343. The number of ketones is 1. The summed E-state index contributed by atoms with van der Waals surface area (Å²) in [6.45, 7) is 4.11. The number of ether oxygens (including phenoxy) is 1. The predicted octanol–water partition coefficient (Wildman–Crippen LogP) is 2.38. The number of Topliss-reactive ketones (excluding diaryl/α,β-unsaturated/α-hetero) is 1. The molecule has 15 heavy (non-hydrogen) atoms. The number of rotatable bonds is 2. The number of carbonyl (C=O) groups is 1. The van der Waals surface area contributed by atoms with Crippen molar-refractivity contribution in [3.8, 4) is 11.5 Å². The average Bonchev–Trinajstić information content (AvgIpc) is 2.42. The van der Waals surface area contributed by atoms with Gasteiger partial charge in [0, 0.05) is 6.07 Å². The van der Waals surface area contributed by atoms with E-state index in [1.807, 2.05) is 0 Å². The Labute approximate surface area is 88.7 Å². The van der Waals surface area contributed by atoms with Gasteiger partial charge < -0.3 is 9.84 Å². The Bertz CT molecular complexity index is 396. The molecule has 0 aliphatic carbocycles.